The Morgan fingerprint density at radius 2 is 2.00 bits per heavy atom. The topological polar surface area (TPSA) is 112 Å². The van der Waals surface area contributed by atoms with Crippen molar-refractivity contribution in [2.45, 2.75) is 58.1 Å². The lowest BCUT2D eigenvalue weighted by Crippen LogP contribution is -2.41. The highest BCUT2D eigenvalue weighted by Crippen LogP contribution is 2.35. The van der Waals surface area contributed by atoms with Crippen LogP contribution < -0.4 is 5.56 Å². The summed E-state index contributed by atoms with van der Waals surface area (Å²) in [5, 5.41) is 13.8. The van der Waals surface area contributed by atoms with Gasteiger partial charge in [0.15, 0.2) is 0 Å². The average Bonchev–Trinajstić information content (AvgIpc) is 3.41. The number of carbonyl (C=O) groups excluding carboxylic acids is 1. The summed E-state index contributed by atoms with van der Waals surface area (Å²) in [5.74, 6) is -0.429. The van der Waals surface area contributed by atoms with Crippen molar-refractivity contribution in [3.63, 3.8) is 0 Å². The van der Waals surface area contributed by atoms with Crippen molar-refractivity contribution in [3.05, 3.63) is 87.3 Å². The highest BCUT2D eigenvalue weighted by atomic mass is 19.1. The monoisotopic (exact) mass is 543 g/mol. The van der Waals surface area contributed by atoms with Gasteiger partial charge in [-0.15, -0.1) is 0 Å². The summed E-state index contributed by atoms with van der Waals surface area (Å²) in [6, 6.07) is 13.9. The van der Waals surface area contributed by atoms with E-state index in [0.29, 0.717) is 65.2 Å². The summed E-state index contributed by atoms with van der Waals surface area (Å²) >= 11 is 0. The molecule has 0 radical (unpaired) electrons. The van der Waals surface area contributed by atoms with Crippen LogP contribution in [0.25, 0.3) is 16.9 Å². The number of nitrogens with zero attached hydrogens (tertiary/aromatic N) is 5. The first kappa shape index (κ1) is 27.2. The molecule has 1 saturated carbocycles. The Labute approximate surface area is 230 Å². The molecule has 206 valence electrons. The van der Waals surface area contributed by atoms with Crippen LogP contribution in [0.4, 0.5) is 4.39 Å². The molecule has 2 aromatic heterocycles. The van der Waals surface area contributed by atoms with Crippen LogP contribution in [0.1, 0.15) is 61.5 Å². The number of aromatic nitrogens is 4. The second kappa shape index (κ2) is 11.8. The van der Waals surface area contributed by atoms with Crippen LogP contribution in [-0.4, -0.2) is 44.5 Å². The Morgan fingerprint density at radius 1 is 1.20 bits per heavy atom. The van der Waals surface area contributed by atoms with Crippen LogP contribution in [0.5, 0.6) is 0 Å². The molecule has 10 heteroatoms. The molecule has 0 unspecified atom stereocenters. The zero-order valence-electron chi connectivity index (χ0n) is 22.5. The maximum Gasteiger partial charge on any atom is 0.332 e. The lowest BCUT2D eigenvalue weighted by Gasteiger charge is -2.36. The number of hydrogen-bond acceptors (Lipinski definition) is 7. The fourth-order valence-electron chi connectivity index (χ4n) is 5.23. The van der Waals surface area contributed by atoms with E-state index in [1.54, 1.807) is 46.3 Å². The standard InChI is InChI=1S/C30H30FN5O4/c1-3-7-27-25(12-20-11-10-19(13-26(20)31)24-9-6-5-8-21(24)16-32)29(38)35(30-33-18-34-36(27)30)22-14-23(15-22)40-17-28(37)39-4-2/h5-6,8-11,13,18,22-23H,3-4,7,12,14-15,17H2,1-2H3. The largest absolute Gasteiger partial charge is 0.464 e. The quantitative estimate of drug-likeness (QED) is 0.273. The van der Waals surface area contributed by atoms with E-state index >= 15 is 4.39 Å². The van der Waals surface area contributed by atoms with Crippen molar-refractivity contribution < 1.29 is 18.7 Å². The zero-order chi connectivity index (χ0) is 28.2. The Morgan fingerprint density at radius 3 is 2.73 bits per heavy atom. The summed E-state index contributed by atoms with van der Waals surface area (Å²) in [6.45, 7) is 3.91. The lowest BCUT2D eigenvalue weighted by atomic mass is 9.88. The molecule has 2 heterocycles. The Balaban J connectivity index is 1.47. The third kappa shape index (κ3) is 5.25. The van der Waals surface area contributed by atoms with Gasteiger partial charge < -0.3 is 9.47 Å². The molecule has 1 aliphatic carbocycles. The minimum absolute atomic E-state index is 0.0888. The zero-order valence-corrected chi connectivity index (χ0v) is 22.5. The van der Waals surface area contributed by atoms with E-state index < -0.39 is 11.8 Å². The summed E-state index contributed by atoms with van der Waals surface area (Å²) in [6.07, 6.45) is 3.76. The molecular formula is C30H30FN5O4. The number of carbonyl (C=O) groups is 1. The molecule has 1 fully saturated rings. The number of nitriles is 1. The summed E-state index contributed by atoms with van der Waals surface area (Å²) < 4.78 is 29.3. The molecule has 4 aromatic rings. The number of hydrogen-bond donors (Lipinski definition) is 0. The predicted molar refractivity (Wildman–Crippen MR) is 145 cm³/mol. The molecule has 1 aliphatic rings. The summed E-state index contributed by atoms with van der Waals surface area (Å²) in [4.78, 5) is 30.0. The smallest absolute Gasteiger partial charge is 0.332 e. The van der Waals surface area contributed by atoms with E-state index in [-0.39, 0.29) is 30.7 Å². The van der Waals surface area contributed by atoms with E-state index in [2.05, 4.69) is 16.2 Å². The number of rotatable bonds is 10. The van der Waals surface area contributed by atoms with Gasteiger partial charge in [0.05, 0.1) is 30.0 Å². The van der Waals surface area contributed by atoms with Gasteiger partial charge >= 0.3 is 5.97 Å². The molecule has 2 aromatic carbocycles. The van der Waals surface area contributed by atoms with Gasteiger partial charge in [-0.1, -0.05) is 43.7 Å². The molecular weight excluding hydrogens is 513 g/mol. The molecule has 0 spiro atoms. The molecule has 0 bridgehead atoms. The lowest BCUT2D eigenvalue weighted by molar-refractivity contribution is -0.153. The third-order valence-corrected chi connectivity index (χ3v) is 7.27. The van der Waals surface area contributed by atoms with Crippen molar-refractivity contribution in [1.29, 1.82) is 5.26 Å². The van der Waals surface area contributed by atoms with E-state index in [0.717, 1.165) is 6.42 Å². The highest BCUT2D eigenvalue weighted by molar-refractivity contribution is 5.71. The van der Waals surface area contributed by atoms with Crippen molar-refractivity contribution in [2.75, 3.05) is 13.2 Å². The van der Waals surface area contributed by atoms with Crippen molar-refractivity contribution in [3.8, 4) is 17.2 Å². The van der Waals surface area contributed by atoms with Gasteiger partial charge in [0.2, 0.25) is 5.78 Å². The first-order valence-electron chi connectivity index (χ1n) is 13.5. The Bertz CT molecular complexity index is 1650. The van der Waals surface area contributed by atoms with E-state index in [1.807, 2.05) is 13.0 Å². The van der Waals surface area contributed by atoms with Gasteiger partial charge in [0.25, 0.3) is 5.56 Å². The van der Waals surface area contributed by atoms with Crippen molar-refractivity contribution in [2.24, 2.45) is 0 Å². The SMILES string of the molecule is CCCc1c(Cc2ccc(-c3ccccc3C#N)cc2F)c(=O)n(C2CC(OCC(=O)OCC)C2)c2ncnn12. The highest BCUT2D eigenvalue weighted by Gasteiger charge is 2.35. The van der Waals surface area contributed by atoms with Gasteiger partial charge in [0, 0.05) is 18.0 Å². The number of ether oxygens (including phenoxy) is 2. The molecule has 0 N–H and O–H groups in total. The van der Waals surface area contributed by atoms with Crippen LogP contribution in [0.15, 0.2) is 53.6 Å². The summed E-state index contributed by atoms with van der Waals surface area (Å²) in [5.41, 5.74) is 3.05. The Kier molecular flexibility index (Phi) is 8.03. The fourth-order valence-corrected chi connectivity index (χ4v) is 5.23. The molecule has 0 aliphatic heterocycles. The normalized spacial score (nSPS) is 16.4. The number of esters is 1. The number of fused-ring (bicyclic) bond motifs is 1. The molecule has 0 saturated heterocycles. The van der Waals surface area contributed by atoms with E-state index in [1.165, 1.54) is 12.4 Å². The van der Waals surface area contributed by atoms with Crippen LogP contribution >= 0.6 is 0 Å². The van der Waals surface area contributed by atoms with Crippen LogP contribution in [0.2, 0.25) is 0 Å². The van der Waals surface area contributed by atoms with Crippen LogP contribution in [0.3, 0.4) is 0 Å². The minimum Gasteiger partial charge on any atom is -0.464 e. The van der Waals surface area contributed by atoms with E-state index in [4.69, 9.17) is 9.47 Å². The maximum absolute atomic E-state index is 15.5. The second-order valence-electron chi connectivity index (χ2n) is 9.83. The number of halogens is 1. The van der Waals surface area contributed by atoms with Crippen molar-refractivity contribution in [1.82, 2.24) is 19.2 Å². The molecule has 40 heavy (non-hydrogen) atoms. The second-order valence-corrected chi connectivity index (χ2v) is 9.83. The van der Waals surface area contributed by atoms with Gasteiger partial charge in [-0.3, -0.25) is 9.36 Å². The third-order valence-electron chi connectivity index (χ3n) is 7.27. The van der Waals surface area contributed by atoms with Crippen LogP contribution in [0, 0.1) is 17.1 Å². The summed E-state index contributed by atoms with van der Waals surface area (Å²) in [7, 11) is 0. The number of aryl methyl sites for hydroxylation is 1. The van der Waals surface area contributed by atoms with Crippen LogP contribution in [-0.2, 0) is 27.1 Å². The predicted octanol–water partition coefficient (Wildman–Crippen LogP) is 4.40. The molecule has 9 nitrogen and oxygen atoms in total. The fraction of sp³-hybridized carbons (Fsp3) is 0.367. The average molecular weight is 544 g/mol. The number of benzene rings is 2. The maximum atomic E-state index is 15.5. The van der Waals surface area contributed by atoms with Crippen molar-refractivity contribution >= 4 is 11.7 Å². The van der Waals surface area contributed by atoms with Gasteiger partial charge in [0.1, 0.15) is 18.8 Å². The minimum atomic E-state index is -0.451. The molecule has 5 rings (SSSR count). The van der Waals surface area contributed by atoms with Gasteiger partial charge in [-0.2, -0.15) is 15.3 Å². The van der Waals surface area contributed by atoms with Gasteiger partial charge in [-0.25, -0.2) is 13.7 Å². The molecule has 0 atom stereocenters. The van der Waals surface area contributed by atoms with E-state index in [9.17, 15) is 14.9 Å². The first-order valence-corrected chi connectivity index (χ1v) is 13.5. The Hall–Kier alpha value is -4.36. The molecule has 0 amide bonds. The van der Waals surface area contributed by atoms with Gasteiger partial charge in [-0.05, 0) is 55.0 Å². The first-order chi connectivity index (χ1) is 19.4.